The zero-order chi connectivity index (χ0) is 13.8. The minimum Gasteiger partial charge on any atom is -0.474 e. The molecule has 0 radical (unpaired) electrons. The zero-order valence-corrected chi connectivity index (χ0v) is 12.2. The number of nitrogens with zero attached hydrogens (tertiary/aromatic N) is 2. The fourth-order valence-corrected chi connectivity index (χ4v) is 2.76. The van der Waals surface area contributed by atoms with Crippen molar-refractivity contribution in [3.05, 3.63) is 11.9 Å². The first-order valence-electron chi connectivity index (χ1n) is 7.37. The fraction of sp³-hybridized carbons (Fsp3) is 0.733. The number of ether oxygens (including phenoxy) is 1. The molecule has 2 rings (SSSR count). The summed E-state index contributed by atoms with van der Waals surface area (Å²) in [5, 5.41) is 0. The fourth-order valence-electron chi connectivity index (χ4n) is 2.76. The molecule has 3 unspecified atom stereocenters. The number of nitrogens with two attached hydrogens (primary N) is 1. The molecule has 1 aromatic heterocycles. The molecule has 0 aliphatic heterocycles. The molecule has 1 fully saturated rings. The first-order chi connectivity index (χ1) is 9.11. The van der Waals surface area contributed by atoms with Crippen LogP contribution in [0.25, 0.3) is 0 Å². The van der Waals surface area contributed by atoms with Gasteiger partial charge in [-0.2, -0.15) is 0 Å². The highest BCUT2D eigenvalue weighted by Crippen LogP contribution is 2.32. The Morgan fingerprint density at radius 1 is 1.26 bits per heavy atom. The van der Waals surface area contributed by atoms with Crippen LogP contribution < -0.4 is 10.5 Å². The largest absolute Gasteiger partial charge is 0.474 e. The maximum atomic E-state index is 6.11. The van der Waals surface area contributed by atoms with Gasteiger partial charge in [-0.3, -0.25) is 0 Å². The molecule has 0 aromatic carbocycles. The van der Waals surface area contributed by atoms with Crippen molar-refractivity contribution in [2.75, 3.05) is 5.73 Å². The summed E-state index contributed by atoms with van der Waals surface area (Å²) in [6.07, 6.45) is 7.12. The standard InChI is InChI=1S/C15H25N3O/c1-4-5-13-14(16)17-9-18-15(13)19-12-7-6-10(2)11(3)8-12/h9-12H,4-8H2,1-3H3,(H2,16,17,18). The topological polar surface area (TPSA) is 61.0 Å². The molecule has 0 bridgehead atoms. The van der Waals surface area contributed by atoms with Crippen molar-refractivity contribution in [3.63, 3.8) is 0 Å². The van der Waals surface area contributed by atoms with Gasteiger partial charge in [-0.25, -0.2) is 9.97 Å². The smallest absolute Gasteiger partial charge is 0.222 e. The Balaban J connectivity index is 2.08. The minimum absolute atomic E-state index is 0.274. The molecule has 0 saturated heterocycles. The van der Waals surface area contributed by atoms with Crippen LogP contribution in [-0.4, -0.2) is 16.1 Å². The lowest BCUT2D eigenvalue weighted by Crippen LogP contribution is -2.29. The SMILES string of the molecule is CCCc1c(N)ncnc1OC1CCC(C)C(C)C1. The summed E-state index contributed by atoms with van der Waals surface area (Å²) in [7, 11) is 0. The molecular formula is C15H25N3O. The van der Waals surface area contributed by atoms with Crippen LogP contribution in [0.1, 0.15) is 52.0 Å². The lowest BCUT2D eigenvalue weighted by atomic mass is 9.80. The average molecular weight is 263 g/mol. The van der Waals surface area contributed by atoms with Crippen LogP contribution in [0.2, 0.25) is 0 Å². The molecule has 1 aliphatic rings. The third-order valence-electron chi connectivity index (χ3n) is 4.27. The Morgan fingerprint density at radius 2 is 2.05 bits per heavy atom. The van der Waals surface area contributed by atoms with E-state index < -0.39 is 0 Å². The van der Waals surface area contributed by atoms with Crippen molar-refractivity contribution >= 4 is 5.82 Å². The molecule has 1 aliphatic carbocycles. The van der Waals surface area contributed by atoms with E-state index in [4.69, 9.17) is 10.5 Å². The molecule has 4 nitrogen and oxygen atoms in total. The maximum absolute atomic E-state index is 6.11. The summed E-state index contributed by atoms with van der Waals surface area (Å²) in [4.78, 5) is 8.35. The Morgan fingerprint density at radius 3 is 2.74 bits per heavy atom. The van der Waals surface area contributed by atoms with Crippen molar-refractivity contribution < 1.29 is 4.74 Å². The van der Waals surface area contributed by atoms with Crippen LogP contribution >= 0.6 is 0 Å². The van der Waals surface area contributed by atoms with Gasteiger partial charge in [0.15, 0.2) is 0 Å². The number of aromatic nitrogens is 2. The molecule has 1 aromatic rings. The molecule has 3 atom stereocenters. The summed E-state index contributed by atoms with van der Waals surface area (Å²) < 4.78 is 6.11. The van der Waals surface area contributed by atoms with Crippen molar-refractivity contribution in [2.24, 2.45) is 11.8 Å². The number of hydrogen-bond acceptors (Lipinski definition) is 4. The van der Waals surface area contributed by atoms with Crippen LogP contribution in [0.15, 0.2) is 6.33 Å². The van der Waals surface area contributed by atoms with Gasteiger partial charge in [-0.05, 0) is 37.5 Å². The number of hydrogen-bond donors (Lipinski definition) is 1. The van der Waals surface area contributed by atoms with Crippen LogP contribution in [0.5, 0.6) is 5.88 Å². The van der Waals surface area contributed by atoms with Gasteiger partial charge in [-0.1, -0.05) is 27.2 Å². The van der Waals surface area contributed by atoms with Gasteiger partial charge in [0.1, 0.15) is 18.2 Å². The Bertz CT molecular complexity index is 422. The van der Waals surface area contributed by atoms with Gasteiger partial charge < -0.3 is 10.5 Å². The molecule has 4 heteroatoms. The number of rotatable bonds is 4. The van der Waals surface area contributed by atoms with E-state index in [2.05, 4.69) is 30.7 Å². The highest BCUT2D eigenvalue weighted by atomic mass is 16.5. The van der Waals surface area contributed by atoms with Crippen molar-refractivity contribution in [2.45, 2.75) is 59.0 Å². The van der Waals surface area contributed by atoms with E-state index in [1.165, 1.54) is 12.7 Å². The third-order valence-corrected chi connectivity index (χ3v) is 4.27. The van der Waals surface area contributed by atoms with E-state index >= 15 is 0 Å². The molecular weight excluding hydrogens is 238 g/mol. The van der Waals surface area contributed by atoms with E-state index in [0.717, 1.165) is 37.2 Å². The summed E-state index contributed by atoms with van der Waals surface area (Å²) in [5.74, 6) is 2.77. The molecule has 1 heterocycles. The predicted octanol–water partition coefficient (Wildman–Crippen LogP) is 3.21. The molecule has 2 N–H and O–H groups in total. The van der Waals surface area contributed by atoms with Gasteiger partial charge >= 0.3 is 0 Å². The number of anilines is 1. The molecule has 0 amide bonds. The second-order valence-corrected chi connectivity index (χ2v) is 5.80. The first-order valence-corrected chi connectivity index (χ1v) is 7.37. The molecule has 0 spiro atoms. The summed E-state index contributed by atoms with van der Waals surface area (Å²) in [6.45, 7) is 6.76. The quantitative estimate of drug-likeness (QED) is 0.906. The lowest BCUT2D eigenvalue weighted by Gasteiger charge is -2.32. The highest BCUT2D eigenvalue weighted by molar-refractivity contribution is 5.44. The summed E-state index contributed by atoms with van der Waals surface area (Å²) in [5.41, 5.74) is 6.90. The van der Waals surface area contributed by atoms with Gasteiger partial charge in [0.05, 0.1) is 5.56 Å². The van der Waals surface area contributed by atoms with Crippen LogP contribution in [0, 0.1) is 11.8 Å². The van der Waals surface area contributed by atoms with Crippen molar-refractivity contribution in [1.82, 2.24) is 9.97 Å². The van der Waals surface area contributed by atoms with Crippen LogP contribution in [-0.2, 0) is 6.42 Å². The average Bonchev–Trinajstić information content (AvgIpc) is 2.38. The van der Waals surface area contributed by atoms with E-state index in [1.54, 1.807) is 0 Å². The normalized spacial score (nSPS) is 27.2. The third kappa shape index (κ3) is 3.37. The second-order valence-electron chi connectivity index (χ2n) is 5.80. The molecule has 19 heavy (non-hydrogen) atoms. The van der Waals surface area contributed by atoms with Crippen LogP contribution in [0.4, 0.5) is 5.82 Å². The van der Waals surface area contributed by atoms with E-state index in [1.807, 2.05) is 0 Å². The van der Waals surface area contributed by atoms with Crippen molar-refractivity contribution in [1.29, 1.82) is 0 Å². The zero-order valence-electron chi connectivity index (χ0n) is 12.2. The van der Waals surface area contributed by atoms with E-state index in [-0.39, 0.29) is 6.10 Å². The minimum atomic E-state index is 0.274. The van der Waals surface area contributed by atoms with Gasteiger partial charge in [-0.15, -0.1) is 0 Å². The predicted molar refractivity (Wildman–Crippen MR) is 77.0 cm³/mol. The van der Waals surface area contributed by atoms with E-state index in [0.29, 0.717) is 17.6 Å². The van der Waals surface area contributed by atoms with Crippen molar-refractivity contribution in [3.8, 4) is 5.88 Å². The molecule has 106 valence electrons. The monoisotopic (exact) mass is 263 g/mol. The van der Waals surface area contributed by atoms with Crippen LogP contribution in [0.3, 0.4) is 0 Å². The second kappa shape index (κ2) is 6.22. The molecule has 1 saturated carbocycles. The Labute approximate surface area is 115 Å². The van der Waals surface area contributed by atoms with E-state index in [9.17, 15) is 0 Å². The Hall–Kier alpha value is -1.32. The van der Waals surface area contributed by atoms with Gasteiger partial charge in [0, 0.05) is 0 Å². The number of nitrogen functional groups attached to an aromatic ring is 1. The summed E-state index contributed by atoms with van der Waals surface area (Å²) in [6, 6.07) is 0. The van der Waals surface area contributed by atoms with Gasteiger partial charge in [0.2, 0.25) is 5.88 Å². The maximum Gasteiger partial charge on any atom is 0.222 e. The lowest BCUT2D eigenvalue weighted by molar-refractivity contribution is 0.0954. The van der Waals surface area contributed by atoms with Gasteiger partial charge in [0.25, 0.3) is 0 Å². The highest BCUT2D eigenvalue weighted by Gasteiger charge is 2.26. The summed E-state index contributed by atoms with van der Waals surface area (Å²) >= 11 is 0. The first kappa shape index (κ1) is 14.1. The Kier molecular flexibility index (Phi) is 4.61.